The number of nitrogens with one attached hydrogen (secondary N) is 1. The average Bonchev–Trinajstić information content (AvgIpc) is 3.26. The van der Waals surface area contributed by atoms with E-state index in [9.17, 15) is 9.59 Å². The summed E-state index contributed by atoms with van der Waals surface area (Å²) in [4.78, 5) is 23.4. The molecule has 0 bridgehead atoms. The molecule has 2 rings (SSSR count). The van der Waals surface area contributed by atoms with Crippen LogP contribution >= 0.6 is 0 Å². The number of anilines is 1. The van der Waals surface area contributed by atoms with Gasteiger partial charge in [0.05, 0.1) is 7.11 Å². The van der Waals surface area contributed by atoms with E-state index in [1.54, 1.807) is 18.2 Å². The lowest BCUT2D eigenvalue weighted by molar-refractivity contribution is -0.124. The Hall–Kier alpha value is -2.24. The number of methoxy groups -OCH3 is 1. The van der Waals surface area contributed by atoms with Gasteiger partial charge in [0.1, 0.15) is 11.3 Å². The first-order valence-electron chi connectivity index (χ1n) is 6.48. The van der Waals surface area contributed by atoms with E-state index in [4.69, 9.17) is 15.2 Å². The van der Waals surface area contributed by atoms with Crippen LogP contribution in [-0.2, 0) is 9.53 Å². The highest BCUT2D eigenvalue weighted by Gasteiger charge is 2.22. The summed E-state index contributed by atoms with van der Waals surface area (Å²) in [5.74, 6) is -0.0619. The van der Waals surface area contributed by atoms with Crippen molar-refractivity contribution in [3.63, 3.8) is 0 Å². The van der Waals surface area contributed by atoms with Gasteiger partial charge >= 0.3 is 5.97 Å². The molecule has 0 spiro atoms. The van der Waals surface area contributed by atoms with Crippen molar-refractivity contribution >= 4 is 17.6 Å². The predicted octanol–water partition coefficient (Wildman–Crippen LogP) is 0.960. The number of ether oxygens (including phenoxy) is 2. The van der Waals surface area contributed by atoms with Crippen molar-refractivity contribution < 1.29 is 19.1 Å². The molecule has 1 aromatic carbocycles. The van der Waals surface area contributed by atoms with Crippen LogP contribution in [-0.4, -0.2) is 32.1 Å². The Balaban J connectivity index is 1.89. The maximum absolute atomic E-state index is 11.9. The fourth-order valence-electron chi connectivity index (χ4n) is 1.77. The number of hydrogen-bond acceptors (Lipinski definition) is 5. The van der Waals surface area contributed by atoms with E-state index in [2.05, 4.69) is 5.32 Å². The Labute approximate surface area is 117 Å². The van der Waals surface area contributed by atoms with Gasteiger partial charge in [0.25, 0.3) is 5.91 Å². The van der Waals surface area contributed by atoms with Crippen molar-refractivity contribution in [2.45, 2.75) is 12.8 Å². The molecular weight excluding hydrogens is 260 g/mol. The van der Waals surface area contributed by atoms with Crippen LogP contribution in [0.2, 0.25) is 0 Å². The molecule has 1 fully saturated rings. The molecule has 1 amide bonds. The highest BCUT2D eigenvalue weighted by atomic mass is 16.5. The summed E-state index contributed by atoms with van der Waals surface area (Å²) in [6.45, 7) is 0.330. The number of nitrogens with two attached hydrogens (primary N) is 1. The highest BCUT2D eigenvalue weighted by molar-refractivity contribution is 5.99. The molecule has 1 aliphatic rings. The van der Waals surface area contributed by atoms with Crippen LogP contribution in [0, 0.1) is 5.92 Å². The van der Waals surface area contributed by atoms with Gasteiger partial charge in [-0.15, -0.1) is 0 Å². The summed E-state index contributed by atoms with van der Waals surface area (Å²) < 4.78 is 10.0. The molecule has 0 radical (unpaired) electrons. The molecule has 0 aliphatic heterocycles. The molecule has 1 aliphatic carbocycles. The molecule has 0 aromatic heterocycles. The normalized spacial score (nSPS) is 13.7. The van der Waals surface area contributed by atoms with E-state index in [1.165, 1.54) is 7.11 Å². The summed E-state index contributed by atoms with van der Waals surface area (Å²) in [5.41, 5.74) is 6.13. The molecule has 0 heterocycles. The molecule has 3 N–H and O–H groups in total. The van der Waals surface area contributed by atoms with Crippen molar-refractivity contribution in [1.82, 2.24) is 5.32 Å². The number of hydrogen-bond donors (Lipinski definition) is 2. The lowest BCUT2D eigenvalue weighted by Crippen LogP contribution is -2.30. The summed E-state index contributed by atoms with van der Waals surface area (Å²) in [5, 5.41) is 2.72. The van der Waals surface area contributed by atoms with E-state index in [0.29, 0.717) is 18.2 Å². The van der Waals surface area contributed by atoms with Gasteiger partial charge in [-0.1, -0.05) is 6.07 Å². The number of amides is 1. The minimum atomic E-state index is -0.665. The van der Waals surface area contributed by atoms with Crippen LogP contribution in [0.15, 0.2) is 18.2 Å². The van der Waals surface area contributed by atoms with Gasteiger partial charge in [0, 0.05) is 12.2 Å². The van der Waals surface area contributed by atoms with Gasteiger partial charge < -0.3 is 20.5 Å². The molecule has 6 heteroatoms. The molecule has 0 unspecified atom stereocenters. The maximum Gasteiger partial charge on any atom is 0.344 e. The van der Waals surface area contributed by atoms with Gasteiger partial charge in [-0.2, -0.15) is 0 Å². The maximum atomic E-state index is 11.9. The van der Waals surface area contributed by atoms with Crippen molar-refractivity contribution in [1.29, 1.82) is 0 Å². The van der Waals surface area contributed by atoms with E-state index in [0.717, 1.165) is 12.8 Å². The van der Waals surface area contributed by atoms with E-state index < -0.39 is 5.97 Å². The summed E-state index contributed by atoms with van der Waals surface area (Å²) in [6.07, 6.45) is 2.30. The minimum Gasteiger partial charge on any atom is -0.496 e. The molecular formula is C14H18N2O4. The van der Waals surface area contributed by atoms with Gasteiger partial charge in [-0.25, -0.2) is 4.79 Å². The van der Waals surface area contributed by atoms with E-state index in [-0.39, 0.29) is 23.8 Å². The Morgan fingerprint density at radius 1 is 1.40 bits per heavy atom. The molecule has 20 heavy (non-hydrogen) atoms. The lowest BCUT2D eigenvalue weighted by atomic mass is 10.1. The Morgan fingerprint density at radius 2 is 2.15 bits per heavy atom. The largest absolute Gasteiger partial charge is 0.496 e. The van der Waals surface area contributed by atoms with Crippen LogP contribution in [0.5, 0.6) is 5.75 Å². The second-order valence-corrected chi connectivity index (χ2v) is 4.75. The SMILES string of the molecule is COc1cccc(N)c1C(=O)OCC(=O)NCC1CC1. The highest BCUT2D eigenvalue weighted by Crippen LogP contribution is 2.27. The second-order valence-electron chi connectivity index (χ2n) is 4.75. The molecule has 0 saturated heterocycles. The smallest absolute Gasteiger partial charge is 0.344 e. The van der Waals surface area contributed by atoms with Gasteiger partial charge in [0.15, 0.2) is 6.61 Å². The predicted molar refractivity (Wildman–Crippen MR) is 73.4 cm³/mol. The average molecular weight is 278 g/mol. The molecule has 1 saturated carbocycles. The molecule has 0 atom stereocenters. The standard InChI is InChI=1S/C14H18N2O4/c1-19-11-4-2-3-10(15)13(11)14(18)20-8-12(17)16-7-9-5-6-9/h2-4,9H,5-8,15H2,1H3,(H,16,17). The van der Waals surface area contributed by atoms with Crippen LogP contribution in [0.3, 0.4) is 0 Å². The van der Waals surface area contributed by atoms with Gasteiger partial charge in [-0.3, -0.25) is 4.79 Å². The third kappa shape index (κ3) is 3.63. The molecule has 108 valence electrons. The van der Waals surface area contributed by atoms with Crippen molar-refractivity contribution in [2.75, 3.05) is 26.0 Å². The zero-order valence-electron chi connectivity index (χ0n) is 11.3. The Bertz CT molecular complexity index is 512. The monoisotopic (exact) mass is 278 g/mol. The number of esters is 1. The number of nitrogen functional groups attached to an aromatic ring is 1. The second kappa shape index (κ2) is 6.27. The Morgan fingerprint density at radius 3 is 2.80 bits per heavy atom. The fraction of sp³-hybridized carbons (Fsp3) is 0.429. The quantitative estimate of drug-likeness (QED) is 0.597. The third-order valence-electron chi connectivity index (χ3n) is 3.10. The van der Waals surface area contributed by atoms with E-state index >= 15 is 0 Å². The number of benzene rings is 1. The van der Waals surface area contributed by atoms with Crippen LogP contribution in [0.4, 0.5) is 5.69 Å². The Kier molecular flexibility index (Phi) is 4.45. The fourth-order valence-corrected chi connectivity index (χ4v) is 1.77. The lowest BCUT2D eigenvalue weighted by Gasteiger charge is -2.11. The topological polar surface area (TPSA) is 90.7 Å². The summed E-state index contributed by atoms with van der Waals surface area (Å²) in [7, 11) is 1.44. The zero-order valence-corrected chi connectivity index (χ0v) is 11.3. The van der Waals surface area contributed by atoms with Crippen LogP contribution in [0.25, 0.3) is 0 Å². The summed E-state index contributed by atoms with van der Waals surface area (Å²) >= 11 is 0. The minimum absolute atomic E-state index is 0.144. The summed E-state index contributed by atoms with van der Waals surface area (Å²) in [6, 6.07) is 4.86. The van der Waals surface area contributed by atoms with Crippen molar-refractivity contribution in [2.24, 2.45) is 5.92 Å². The van der Waals surface area contributed by atoms with E-state index in [1.807, 2.05) is 0 Å². The van der Waals surface area contributed by atoms with Gasteiger partial charge in [-0.05, 0) is 30.9 Å². The van der Waals surface area contributed by atoms with Crippen LogP contribution in [0.1, 0.15) is 23.2 Å². The number of carbonyl (C=O) groups excluding carboxylic acids is 2. The first-order chi connectivity index (χ1) is 9.61. The number of carbonyl (C=O) groups is 2. The van der Waals surface area contributed by atoms with Gasteiger partial charge in [0.2, 0.25) is 0 Å². The molecule has 6 nitrogen and oxygen atoms in total. The first-order valence-corrected chi connectivity index (χ1v) is 6.48. The third-order valence-corrected chi connectivity index (χ3v) is 3.10. The molecule has 1 aromatic rings. The zero-order chi connectivity index (χ0) is 14.5. The number of rotatable bonds is 6. The first kappa shape index (κ1) is 14.2. The van der Waals surface area contributed by atoms with Crippen LogP contribution < -0.4 is 15.8 Å². The van der Waals surface area contributed by atoms with Crippen molar-refractivity contribution in [3.8, 4) is 5.75 Å². The van der Waals surface area contributed by atoms with Crippen molar-refractivity contribution in [3.05, 3.63) is 23.8 Å².